The average molecular weight is 219 g/mol. The van der Waals surface area contributed by atoms with Crippen LogP contribution in [0.25, 0.3) is 0 Å². The van der Waals surface area contributed by atoms with Crippen molar-refractivity contribution in [3.05, 3.63) is 33.8 Å². The van der Waals surface area contributed by atoms with Crippen molar-refractivity contribution in [1.82, 2.24) is 0 Å². The minimum absolute atomic E-state index is 0.0624. The van der Waals surface area contributed by atoms with E-state index in [-0.39, 0.29) is 6.61 Å². The molecule has 4 heteroatoms. The van der Waals surface area contributed by atoms with Gasteiger partial charge in [-0.3, -0.25) is 0 Å². The van der Waals surface area contributed by atoms with Crippen molar-refractivity contribution in [3.63, 3.8) is 0 Å². The number of benzene rings is 1. The minimum Gasteiger partial charge on any atom is -0.393 e. The quantitative estimate of drug-likeness (QED) is 0.773. The Morgan fingerprint density at radius 2 is 2.15 bits per heavy atom. The summed E-state index contributed by atoms with van der Waals surface area (Å²) in [5, 5.41) is 10.1. The third kappa shape index (κ3) is 1.44. The molecular weight excluding hydrogens is 211 g/mol. The standard InChI is InChI=1S/C9H8Cl2O2/c10-7-3-1-2-6(8(7)11)9(4-12)5-13-9/h1-3,12H,4-5H2/t9-/m1/s1. The molecule has 1 atom stereocenters. The number of rotatable bonds is 2. The lowest BCUT2D eigenvalue weighted by molar-refractivity contribution is 0.173. The van der Waals surface area contributed by atoms with Crippen LogP contribution in [-0.4, -0.2) is 18.3 Å². The van der Waals surface area contributed by atoms with Gasteiger partial charge in [-0.1, -0.05) is 35.3 Å². The third-order valence-electron chi connectivity index (χ3n) is 2.19. The number of aliphatic hydroxyl groups is 1. The lowest BCUT2D eigenvalue weighted by atomic mass is 10.0. The van der Waals surface area contributed by atoms with E-state index in [0.717, 1.165) is 5.56 Å². The third-order valence-corrected chi connectivity index (χ3v) is 3.01. The minimum atomic E-state index is -0.595. The molecule has 1 heterocycles. The van der Waals surface area contributed by atoms with Gasteiger partial charge in [0, 0.05) is 5.56 Å². The van der Waals surface area contributed by atoms with E-state index in [1.54, 1.807) is 12.1 Å². The van der Waals surface area contributed by atoms with E-state index in [4.69, 9.17) is 33.0 Å². The van der Waals surface area contributed by atoms with Crippen LogP contribution in [0.4, 0.5) is 0 Å². The van der Waals surface area contributed by atoms with Gasteiger partial charge in [0.15, 0.2) is 0 Å². The summed E-state index contributed by atoms with van der Waals surface area (Å²) in [6, 6.07) is 5.32. The summed E-state index contributed by atoms with van der Waals surface area (Å²) in [4.78, 5) is 0. The van der Waals surface area contributed by atoms with E-state index >= 15 is 0 Å². The van der Waals surface area contributed by atoms with Gasteiger partial charge in [-0.2, -0.15) is 0 Å². The van der Waals surface area contributed by atoms with E-state index < -0.39 is 5.60 Å². The molecule has 0 spiro atoms. The number of ether oxygens (including phenoxy) is 1. The van der Waals surface area contributed by atoms with E-state index in [2.05, 4.69) is 0 Å². The first-order valence-electron chi connectivity index (χ1n) is 3.89. The predicted octanol–water partition coefficient (Wildman–Crippen LogP) is 2.21. The highest BCUT2D eigenvalue weighted by Gasteiger charge is 2.47. The van der Waals surface area contributed by atoms with E-state index in [9.17, 15) is 0 Å². The molecule has 0 aromatic heterocycles. The topological polar surface area (TPSA) is 32.8 Å². The van der Waals surface area contributed by atoms with Crippen molar-refractivity contribution >= 4 is 23.2 Å². The summed E-state index contributed by atoms with van der Waals surface area (Å²) in [5.74, 6) is 0. The Bertz CT molecular complexity index is 334. The molecular formula is C9H8Cl2O2. The number of epoxide rings is 1. The molecule has 0 unspecified atom stereocenters. The van der Waals surface area contributed by atoms with E-state index in [1.165, 1.54) is 0 Å². The highest BCUT2D eigenvalue weighted by Crippen LogP contribution is 2.43. The van der Waals surface area contributed by atoms with Crippen LogP contribution in [0.1, 0.15) is 5.56 Å². The largest absolute Gasteiger partial charge is 0.393 e. The number of aliphatic hydroxyl groups excluding tert-OH is 1. The Morgan fingerprint density at radius 3 is 2.69 bits per heavy atom. The Kier molecular flexibility index (Phi) is 2.24. The van der Waals surface area contributed by atoms with Gasteiger partial charge in [0.05, 0.1) is 23.3 Å². The Balaban J connectivity index is 2.46. The maximum atomic E-state index is 9.10. The van der Waals surface area contributed by atoms with Gasteiger partial charge in [-0.05, 0) is 6.07 Å². The molecule has 0 aliphatic carbocycles. The van der Waals surface area contributed by atoms with Crippen LogP contribution in [0.5, 0.6) is 0 Å². The SMILES string of the molecule is OC[C@]1(c2cccc(Cl)c2Cl)CO1. The smallest absolute Gasteiger partial charge is 0.141 e. The van der Waals surface area contributed by atoms with Crippen molar-refractivity contribution in [3.8, 4) is 0 Å². The monoisotopic (exact) mass is 218 g/mol. The molecule has 1 fully saturated rings. The molecule has 0 amide bonds. The maximum Gasteiger partial charge on any atom is 0.141 e. The van der Waals surface area contributed by atoms with Crippen LogP contribution in [0, 0.1) is 0 Å². The molecule has 1 aliphatic rings. The molecule has 1 N–H and O–H groups in total. The summed E-state index contributed by atoms with van der Waals surface area (Å²) in [6.07, 6.45) is 0. The van der Waals surface area contributed by atoms with Crippen LogP contribution >= 0.6 is 23.2 Å². The molecule has 2 nitrogen and oxygen atoms in total. The lowest BCUT2D eigenvalue weighted by Crippen LogP contribution is -2.14. The zero-order chi connectivity index (χ0) is 9.47. The first-order valence-corrected chi connectivity index (χ1v) is 4.64. The second-order valence-electron chi connectivity index (χ2n) is 3.04. The lowest BCUT2D eigenvalue weighted by Gasteiger charge is -2.11. The summed E-state index contributed by atoms with van der Waals surface area (Å²) in [5.41, 5.74) is 0.172. The fourth-order valence-corrected chi connectivity index (χ4v) is 1.75. The van der Waals surface area contributed by atoms with Gasteiger partial charge in [-0.25, -0.2) is 0 Å². The second kappa shape index (κ2) is 3.14. The molecule has 0 radical (unpaired) electrons. The van der Waals surface area contributed by atoms with E-state index in [1.807, 2.05) is 6.07 Å². The summed E-state index contributed by atoms with van der Waals surface area (Å²) in [7, 11) is 0. The Morgan fingerprint density at radius 1 is 1.46 bits per heavy atom. The first kappa shape index (κ1) is 9.28. The highest BCUT2D eigenvalue weighted by atomic mass is 35.5. The fourth-order valence-electron chi connectivity index (χ4n) is 1.27. The van der Waals surface area contributed by atoms with Crippen molar-refractivity contribution in [2.24, 2.45) is 0 Å². The molecule has 70 valence electrons. The zero-order valence-corrected chi connectivity index (χ0v) is 8.27. The van der Waals surface area contributed by atoms with Crippen molar-refractivity contribution < 1.29 is 9.84 Å². The molecule has 1 saturated heterocycles. The van der Waals surface area contributed by atoms with Gasteiger partial charge < -0.3 is 9.84 Å². The summed E-state index contributed by atoms with van der Waals surface area (Å²) in [6.45, 7) is 0.441. The number of hydrogen-bond acceptors (Lipinski definition) is 2. The van der Waals surface area contributed by atoms with Crippen molar-refractivity contribution in [1.29, 1.82) is 0 Å². The average Bonchev–Trinajstić information content (AvgIpc) is 2.90. The van der Waals surface area contributed by atoms with Crippen LogP contribution in [0.2, 0.25) is 10.0 Å². The molecule has 1 aromatic carbocycles. The van der Waals surface area contributed by atoms with Crippen LogP contribution < -0.4 is 0 Å². The van der Waals surface area contributed by atoms with Crippen LogP contribution in [-0.2, 0) is 10.3 Å². The van der Waals surface area contributed by atoms with Crippen LogP contribution in [0.3, 0.4) is 0 Å². The number of halogens is 2. The highest BCUT2D eigenvalue weighted by molar-refractivity contribution is 6.42. The van der Waals surface area contributed by atoms with Crippen molar-refractivity contribution in [2.45, 2.75) is 5.60 Å². The Labute approximate surface area is 86.0 Å². The van der Waals surface area contributed by atoms with Gasteiger partial charge in [0.2, 0.25) is 0 Å². The van der Waals surface area contributed by atoms with Crippen molar-refractivity contribution in [2.75, 3.05) is 13.2 Å². The molecule has 1 aliphatic heterocycles. The fraction of sp³-hybridized carbons (Fsp3) is 0.333. The number of hydrogen-bond donors (Lipinski definition) is 1. The zero-order valence-electron chi connectivity index (χ0n) is 6.76. The van der Waals surface area contributed by atoms with E-state index in [0.29, 0.717) is 16.7 Å². The Hall–Kier alpha value is -0.280. The first-order chi connectivity index (χ1) is 6.19. The van der Waals surface area contributed by atoms with Gasteiger partial charge in [0.25, 0.3) is 0 Å². The van der Waals surface area contributed by atoms with Crippen LogP contribution in [0.15, 0.2) is 18.2 Å². The molecule has 1 aromatic rings. The predicted molar refractivity (Wildman–Crippen MR) is 51.2 cm³/mol. The molecule has 0 bridgehead atoms. The van der Waals surface area contributed by atoms with Gasteiger partial charge in [0.1, 0.15) is 5.60 Å². The second-order valence-corrected chi connectivity index (χ2v) is 3.83. The maximum absolute atomic E-state index is 9.10. The molecule has 13 heavy (non-hydrogen) atoms. The van der Waals surface area contributed by atoms with Gasteiger partial charge >= 0.3 is 0 Å². The molecule has 0 saturated carbocycles. The molecule has 2 rings (SSSR count). The normalized spacial score (nSPS) is 26.1. The van der Waals surface area contributed by atoms with Gasteiger partial charge in [-0.15, -0.1) is 0 Å². The summed E-state index contributed by atoms with van der Waals surface area (Å²) < 4.78 is 5.17. The summed E-state index contributed by atoms with van der Waals surface area (Å²) >= 11 is 11.8.